The third kappa shape index (κ3) is 2.79. The predicted molar refractivity (Wildman–Crippen MR) is 68.8 cm³/mol. The lowest BCUT2D eigenvalue weighted by Gasteiger charge is -2.08. The minimum absolute atomic E-state index is 0.0709. The van der Waals surface area contributed by atoms with Crippen molar-refractivity contribution in [3.63, 3.8) is 0 Å². The first-order chi connectivity index (χ1) is 9.51. The summed E-state index contributed by atoms with van der Waals surface area (Å²) in [5.41, 5.74) is 1.23. The molecule has 0 fully saturated rings. The molecule has 2 rings (SSSR count). The molecule has 0 aliphatic carbocycles. The molecule has 0 aliphatic heterocycles. The number of benzene rings is 1. The highest BCUT2D eigenvalue weighted by molar-refractivity contribution is 5.94. The maximum Gasteiger partial charge on any atom is 0.490 e. The maximum absolute atomic E-state index is 11.4. The Labute approximate surface area is 114 Å². The minimum Gasteiger partial charge on any atom is -0.496 e. The standard InChI is InChI=1S/C12H12N4O4/c1-8(17)9-3-4-11(20-2)10(5-9)6-15-7-13-12(14-15)16(18)19/h3-5,7H,6H2,1-2H3. The fourth-order valence-corrected chi connectivity index (χ4v) is 1.74. The molecule has 0 spiro atoms. The van der Waals surface area contributed by atoms with Crippen LogP contribution in [-0.4, -0.2) is 32.6 Å². The Kier molecular flexibility index (Phi) is 3.74. The van der Waals surface area contributed by atoms with Crippen LogP contribution in [0.4, 0.5) is 5.95 Å². The van der Waals surface area contributed by atoms with Gasteiger partial charge in [0.25, 0.3) is 0 Å². The average molecular weight is 276 g/mol. The van der Waals surface area contributed by atoms with Gasteiger partial charge in [-0.15, -0.1) is 0 Å². The molecule has 8 heteroatoms. The zero-order valence-corrected chi connectivity index (χ0v) is 10.9. The van der Waals surface area contributed by atoms with Gasteiger partial charge in [-0.3, -0.25) is 4.79 Å². The van der Waals surface area contributed by atoms with E-state index in [4.69, 9.17) is 4.74 Å². The molecule has 104 valence electrons. The number of nitrogens with zero attached hydrogens (tertiary/aromatic N) is 4. The van der Waals surface area contributed by atoms with E-state index in [-0.39, 0.29) is 12.3 Å². The van der Waals surface area contributed by atoms with Crippen molar-refractivity contribution in [1.82, 2.24) is 14.8 Å². The molecule has 8 nitrogen and oxygen atoms in total. The Hall–Kier alpha value is -2.77. The van der Waals surface area contributed by atoms with Gasteiger partial charge in [0.1, 0.15) is 5.75 Å². The molecule has 0 amide bonds. The lowest BCUT2D eigenvalue weighted by atomic mass is 10.1. The fourth-order valence-electron chi connectivity index (χ4n) is 1.74. The van der Waals surface area contributed by atoms with Gasteiger partial charge < -0.3 is 14.9 Å². The molecule has 1 heterocycles. The molecule has 1 aromatic carbocycles. The molecular weight excluding hydrogens is 264 g/mol. The first-order valence-electron chi connectivity index (χ1n) is 5.73. The van der Waals surface area contributed by atoms with Crippen LogP contribution >= 0.6 is 0 Å². The average Bonchev–Trinajstić information content (AvgIpc) is 2.87. The van der Waals surface area contributed by atoms with Crippen LogP contribution in [0.5, 0.6) is 5.75 Å². The van der Waals surface area contributed by atoms with Gasteiger partial charge in [-0.05, 0) is 30.0 Å². The van der Waals surface area contributed by atoms with Crippen LogP contribution < -0.4 is 4.74 Å². The van der Waals surface area contributed by atoms with Crippen molar-refractivity contribution < 1.29 is 14.5 Å². The van der Waals surface area contributed by atoms with Gasteiger partial charge in [-0.1, -0.05) is 4.98 Å². The van der Waals surface area contributed by atoms with Crippen LogP contribution in [0.3, 0.4) is 0 Å². The second kappa shape index (κ2) is 5.47. The number of hydrogen-bond acceptors (Lipinski definition) is 6. The second-order valence-corrected chi connectivity index (χ2v) is 4.08. The van der Waals surface area contributed by atoms with Crippen LogP contribution in [0.1, 0.15) is 22.8 Å². The number of nitro groups is 1. The molecule has 0 aliphatic rings. The van der Waals surface area contributed by atoms with Crippen molar-refractivity contribution in [2.45, 2.75) is 13.5 Å². The molecule has 0 saturated carbocycles. The van der Waals surface area contributed by atoms with Crippen LogP contribution in [0.15, 0.2) is 24.5 Å². The van der Waals surface area contributed by atoms with E-state index in [0.717, 1.165) is 0 Å². The van der Waals surface area contributed by atoms with Gasteiger partial charge in [0.15, 0.2) is 5.78 Å². The molecule has 2 aromatic rings. The van der Waals surface area contributed by atoms with E-state index in [2.05, 4.69) is 10.1 Å². The van der Waals surface area contributed by atoms with Gasteiger partial charge in [0.05, 0.1) is 13.7 Å². The SMILES string of the molecule is COc1ccc(C(C)=O)cc1Cn1cnc([N+](=O)[O-])n1. The summed E-state index contributed by atoms with van der Waals surface area (Å²) < 4.78 is 6.52. The van der Waals surface area contributed by atoms with E-state index < -0.39 is 10.9 Å². The zero-order valence-electron chi connectivity index (χ0n) is 10.9. The van der Waals surface area contributed by atoms with Crippen molar-refractivity contribution in [3.05, 3.63) is 45.8 Å². The summed E-state index contributed by atoms with van der Waals surface area (Å²) in [4.78, 5) is 24.8. The van der Waals surface area contributed by atoms with E-state index in [0.29, 0.717) is 16.9 Å². The van der Waals surface area contributed by atoms with E-state index in [1.165, 1.54) is 25.0 Å². The highest BCUT2D eigenvalue weighted by Crippen LogP contribution is 2.21. The quantitative estimate of drug-likeness (QED) is 0.465. The first-order valence-corrected chi connectivity index (χ1v) is 5.73. The fraction of sp³-hybridized carbons (Fsp3) is 0.250. The Morgan fingerprint density at radius 3 is 2.80 bits per heavy atom. The molecule has 0 saturated heterocycles. The molecule has 0 atom stereocenters. The molecule has 0 unspecified atom stereocenters. The van der Waals surface area contributed by atoms with Crippen LogP contribution in [0, 0.1) is 10.1 Å². The smallest absolute Gasteiger partial charge is 0.490 e. The van der Waals surface area contributed by atoms with Crippen LogP contribution in [0.25, 0.3) is 0 Å². The Bertz CT molecular complexity index is 665. The number of Topliss-reactive ketones (excluding diaryl/α,β-unsaturated/α-hetero) is 1. The van der Waals surface area contributed by atoms with Gasteiger partial charge in [0.2, 0.25) is 6.33 Å². The number of ketones is 1. The number of carbonyl (C=O) groups is 1. The second-order valence-electron chi connectivity index (χ2n) is 4.08. The maximum atomic E-state index is 11.4. The topological polar surface area (TPSA) is 100 Å². The Balaban J connectivity index is 2.32. The van der Waals surface area contributed by atoms with Crippen molar-refractivity contribution >= 4 is 11.7 Å². The van der Waals surface area contributed by atoms with Crippen molar-refractivity contribution in [2.75, 3.05) is 7.11 Å². The highest BCUT2D eigenvalue weighted by atomic mass is 16.6. The molecule has 1 aromatic heterocycles. The summed E-state index contributed by atoms with van der Waals surface area (Å²) in [5, 5.41) is 14.3. The Morgan fingerprint density at radius 1 is 1.50 bits per heavy atom. The Morgan fingerprint density at radius 2 is 2.25 bits per heavy atom. The zero-order chi connectivity index (χ0) is 14.7. The minimum atomic E-state index is -0.667. The van der Waals surface area contributed by atoms with Crippen molar-refractivity contribution in [2.24, 2.45) is 0 Å². The largest absolute Gasteiger partial charge is 0.496 e. The number of methoxy groups -OCH3 is 1. The molecular formula is C12H12N4O4. The summed E-state index contributed by atoms with van der Waals surface area (Å²) in [6.07, 6.45) is 1.26. The van der Waals surface area contributed by atoms with E-state index in [1.807, 2.05) is 0 Å². The summed E-state index contributed by atoms with van der Waals surface area (Å²) in [6, 6.07) is 5.01. The van der Waals surface area contributed by atoms with Crippen LogP contribution in [-0.2, 0) is 6.54 Å². The van der Waals surface area contributed by atoms with E-state index in [1.54, 1.807) is 18.2 Å². The van der Waals surface area contributed by atoms with E-state index >= 15 is 0 Å². The number of hydrogen-bond donors (Lipinski definition) is 0. The summed E-state index contributed by atoms with van der Waals surface area (Å²) in [6.45, 7) is 1.69. The van der Waals surface area contributed by atoms with Crippen molar-refractivity contribution in [1.29, 1.82) is 0 Å². The molecule has 0 radical (unpaired) electrons. The third-order valence-corrected chi connectivity index (χ3v) is 2.71. The molecule has 0 bridgehead atoms. The normalized spacial score (nSPS) is 10.3. The first kappa shape index (κ1) is 13.7. The highest BCUT2D eigenvalue weighted by Gasteiger charge is 2.15. The van der Waals surface area contributed by atoms with Gasteiger partial charge >= 0.3 is 5.95 Å². The third-order valence-electron chi connectivity index (χ3n) is 2.71. The summed E-state index contributed by atoms with van der Waals surface area (Å²) in [7, 11) is 1.51. The summed E-state index contributed by atoms with van der Waals surface area (Å²) in [5.74, 6) is 0.0401. The van der Waals surface area contributed by atoms with E-state index in [9.17, 15) is 14.9 Å². The number of rotatable bonds is 5. The lowest BCUT2D eigenvalue weighted by Crippen LogP contribution is -2.05. The monoisotopic (exact) mass is 276 g/mol. The number of ether oxygens (including phenoxy) is 1. The van der Waals surface area contributed by atoms with Gasteiger partial charge in [0, 0.05) is 16.2 Å². The van der Waals surface area contributed by atoms with Crippen molar-refractivity contribution in [3.8, 4) is 5.75 Å². The van der Waals surface area contributed by atoms with Gasteiger partial charge in [-0.2, -0.15) is 4.68 Å². The predicted octanol–water partition coefficient (Wildman–Crippen LogP) is 1.45. The van der Waals surface area contributed by atoms with Gasteiger partial charge in [-0.25, -0.2) is 0 Å². The lowest BCUT2D eigenvalue weighted by molar-refractivity contribution is -0.394. The molecule has 0 N–H and O–H groups in total. The van der Waals surface area contributed by atoms with Crippen LogP contribution in [0.2, 0.25) is 0 Å². The molecule has 20 heavy (non-hydrogen) atoms. The number of carbonyl (C=O) groups excluding carboxylic acids is 1. The number of aromatic nitrogens is 3. The summed E-state index contributed by atoms with van der Waals surface area (Å²) >= 11 is 0.